The molecule has 0 aromatic heterocycles. The molecule has 21 heavy (non-hydrogen) atoms. The highest BCUT2D eigenvalue weighted by Gasteiger charge is 2.28. The first-order chi connectivity index (χ1) is 10.2. The lowest BCUT2D eigenvalue weighted by Crippen LogP contribution is -2.40. The Balaban J connectivity index is 1.46. The second-order valence-electron chi connectivity index (χ2n) is 6.11. The third kappa shape index (κ3) is 3.71. The van der Waals surface area contributed by atoms with Gasteiger partial charge in [-0.15, -0.1) is 0 Å². The average Bonchev–Trinajstić information content (AvgIpc) is 3.09. The fourth-order valence-electron chi connectivity index (χ4n) is 3.17. The van der Waals surface area contributed by atoms with Crippen molar-refractivity contribution in [1.82, 2.24) is 10.2 Å². The lowest BCUT2D eigenvalue weighted by Gasteiger charge is -2.18. The van der Waals surface area contributed by atoms with Crippen LogP contribution in [0.1, 0.15) is 18.4 Å². The monoisotopic (exact) mass is 285 g/mol. The second-order valence-corrected chi connectivity index (χ2v) is 6.11. The van der Waals surface area contributed by atoms with Gasteiger partial charge in [-0.2, -0.15) is 0 Å². The summed E-state index contributed by atoms with van der Waals surface area (Å²) in [4.78, 5) is 14.6. The molecule has 1 amide bonds. The van der Waals surface area contributed by atoms with Crippen LogP contribution in [-0.4, -0.2) is 36.0 Å². The molecule has 1 aliphatic heterocycles. The van der Waals surface area contributed by atoms with E-state index in [0.29, 0.717) is 0 Å². The van der Waals surface area contributed by atoms with Crippen LogP contribution in [-0.2, 0) is 11.3 Å². The number of amides is 1. The van der Waals surface area contributed by atoms with Crippen LogP contribution in [0.4, 0.5) is 0 Å². The Hall–Kier alpha value is -1.65. The molecule has 4 nitrogen and oxygen atoms in total. The van der Waals surface area contributed by atoms with E-state index in [-0.39, 0.29) is 23.9 Å². The van der Waals surface area contributed by atoms with Gasteiger partial charge in [0, 0.05) is 31.7 Å². The Bertz CT molecular complexity index is 514. The Kier molecular flexibility index (Phi) is 4.36. The summed E-state index contributed by atoms with van der Waals surface area (Å²) in [6.07, 6.45) is 5.64. The molecular formula is C17H23N3O. The standard InChI is InChI=1S/C17H23N3O/c18-15-7-6-14(10-15)17(21)19-16-8-9-20(12-16)11-13-4-2-1-3-5-13/h1-7,14-16H,8-12,18H2,(H,19,21). The summed E-state index contributed by atoms with van der Waals surface area (Å²) < 4.78 is 0. The first-order valence-corrected chi connectivity index (χ1v) is 7.71. The maximum absolute atomic E-state index is 12.2. The molecule has 0 radical (unpaired) electrons. The summed E-state index contributed by atoms with van der Waals surface area (Å²) in [5, 5.41) is 3.17. The van der Waals surface area contributed by atoms with Crippen molar-refractivity contribution in [1.29, 1.82) is 0 Å². The number of nitrogens with two attached hydrogens (primary N) is 1. The largest absolute Gasteiger partial charge is 0.352 e. The van der Waals surface area contributed by atoms with Crippen molar-refractivity contribution < 1.29 is 4.79 Å². The molecule has 3 rings (SSSR count). The van der Waals surface area contributed by atoms with E-state index in [1.54, 1.807) is 0 Å². The van der Waals surface area contributed by atoms with Crippen LogP contribution in [0.15, 0.2) is 42.5 Å². The first kappa shape index (κ1) is 14.3. The number of rotatable bonds is 4. The lowest BCUT2D eigenvalue weighted by atomic mass is 10.1. The fraction of sp³-hybridized carbons (Fsp3) is 0.471. The molecule has 3 unspecified atom stereocenters. The zero-order chi connectivity index (χ0) is 14.7. The van der Waals surface area contributed by atoms with Crippen LogP contribution in [0.5, 0.6) is 0 Å². The lowest BCUT2D eigenvalue weighted by molar-refractivity contribution is -0.124. The number of benzene rings is 1. The van der Waals surface area contributed by atoms with Crippen molar-refractivity contribution >= 4 is 5.91 Å². The molecule has 112 valence electrons. The Morgan fingerprint density at radius 3 is 2.81 bits per heavy atom. The summed E-state index contributed by atoms with van der Waals surface area (Å²) in [5.41, 5.74) is 7.13. The highest BCUT2D eigenvalue weighted by atomic mass is 16.1. The van der Waals surface area contributed by atoms with E-state index in [9.17, 15) is 4.79 Å². The fourth-order valence-corrected chi connectivity index (χ4v) is 3.17. The number of nitrogens with zero attached hydrogens (tertiary/aromatic N) is 1. The number of hydrogen-bond donors (Lipinski definition) is 2. The van der Waals surface area contributed by atoms with Gasteiger partial charge in [-0.25, -0.2) is 0 Å². The minimum Gasteiger partial charge on any atom is -0.352 e. The van der Waals surface area contributed by atoms with E-state index < -0.39 is 0 Å². The Morgan fingerprint density at radius 1 is 1.29 bits per heavy atom. The molecular weight excluding hydrogens is 262 g/mol. The highest BCUT2D eigenvalue weighted by molar-refractivity contribution is 5.81. The summed E-state index contributed by atoms with van der Waals surface area (Å²) >= 11 is 0. The van der Waals surface area contributed by atoms with E-state index in [1.807, 2.05) is 18.2 Å². The third-order valence-electron chi connectivity index (χ3n) is 4.32. The van der Waals surface area contributed by atoms with E-state index in [0.717, 1.165) is 32.5 Å². The molecule has 0 bridgehead atoms. The zero-order valence-corrected chi connectivity index (χ0v) is 12.2. The summed E-state index contributed by atoms with van der Waals surface area (Å²) in [6.45, 7) is 2.93. The molecule has 1 fully saturated rings. The smallest absolute Gasteiger partial charge is 0.227 e. The van der Waals surface area contributed by atoms with E-state index in [1.165, 1.54) is 5.56 Å². The van der Waals surface area contributed by atoms with Crippen LogP contribution < -0.4 is 11.1 Å². The molecule has 1 aromatic rings. The van der Waals surface area contributed by atoms with Gasteiger partial charge in [-0.05, 0) is 18.4 Å². The quantitative estimate of drug-likeness (QED) is 0.819. The second kappa shape index (κ2) is 6.41. The van der Waals surface area contributed by atoms with Crippen LogP contribution in [0, 0.1) is 5.92 Å². The topological polar surface area (TPSA) is 58.4 Å². The van der Waals surface area contributed by atoms with Gasteiger partial charge in [-0.3, -0.25) is 9.69 Å². The van der Waals surface area contributed by atoms with Gasteiger partial charge in [0.15, 0.2) is 0 Å². The summed E-state index contributed by atoms with van der Waals surface area (Å²) in [5.74, 6) is 0.0916. The molecule has 3 N–H and O–H groups in total. The third-order valence-corrected chi connectivity index (χ3v) is 4.32. The van der Waals surface area contributed by atoms with E-state index in [2.05, 4.69) is 34.5 Å². The van der Waals surface area contributed by atoms with Crippen LogP contribution >= 0.6 is 0 Å². The van der Waals surface area contributed by atoms with E-state index >= 15 is 0 Å². The number of nitrogens with one attached hydrogen (secondary N) is 1. The minimum absolute atomic E-state index is 0.0387. The maximum Gasteiger partial charge on any atom is 0.227 e. The van der Waals surface area contributed by atoms with Gasteiger partial charge in [0.05, 0.1) is 5.92 Å². The molecule has 0 saturated carbocycles. The van der Waals surface area contributed by atoms with Crippen LogP contribution in [0.2, 0.25) is 0 Å². The number of likely N-dealkylation sites (tertiary alicyclic amines) is 1. The van der Waals surface area contributed by atoms with Crippen LogP contribution in [0.3, 0.4) is 0 Å². The van der Waals surface area contributed by atoms with Crippen molar-refractivity contribution in [2.45, 2.75) is 31.5 Å². The van der Waals surface area contributed by atoms with E-state index in [4.69, 9.17) is 5.73 Å². The van der Waals surface area contributed by atoms with Crippen molar-refractivity contribution in [2.24, 2.45) is 11.7 Å². The summed E-state index contributed by atoms with van der Waals surface area (Å²) in [7, 11) is 0. The maximum atomic E-state index is 12.2. The van der Waals surface area contributed by atoms with Crippen molar-refractivity contribution in [2.75, 3.05) is 13.1 Å². The number of carbonyl (C=O) groups is 1. The number of carbonyl (C=O) groups excluding carboxylic acids is 1. The normalized spacial score (nSPS) is 28.9. The molecule has 4 heteroatoms. The Labute approximate surface area is 126 Å². The molecule has 3 atom stereocenters. The van der Waals surface area contributed by atoms with Crippen molar-refractivity contribution in [3.05, 3.63) is 48.0 Å². The predicted molar refractivity (Wildman–Crippen MR) is 83.5 cm³/mol. The zero-order valence-electron chi connectivity index (χ0n) is 12.2. The Morgan fingerprint density at radius 2 is 2.10 bits per heavy atom. The summed E-state index contributed by atoms with van der Waals surface area (Å²) in [6, 6.07) is 10.8. The number of hydrogen-bond acceptors (Lipinski definition) is 3. The molecule has 1 aromatic carbocycles. The predicted octanol–water partition coefficient (Wildman–Crippen LogP) is 1.28. The van der Waals surface area contributed by atoms with Gasteiger partial charge in [0.2, 0.25) is 5.91 Å². The highest BCUT2D eigenvalue weighted by Crippen LogP contribution is 2.18. The van der Waals surface area contributed by atoms with Crippen molar-refractivity contribution in [3.8, 4) is 0 Å². The molecule has 1 heterocycles. The van der Waals surface area contributed by atoms with Crippen molar-refractivity contribution in [3.63, 3.8) is 0 Å². The molecule has 2 aliphatic rings. The molecule has 1 saturated heterocycles. The van der Waals surface area contributed by atoms with Gasteiger partial charge in [0.25, 0.3) is 0 Å². The van der Waals surface area contributed by atoms with Gasteiger partial charge >= 0.3 is 0 Å². The SMILES string of the molecule is NC1C=CC(C(=O)NC2CCN(Cc3ccccc3)C2)C1. The van der Waals surface area contributed by atoms with Crippen LogP contribution in [0.25, 0.3) is 0 Å². The molecule has 1 aliphatic carbocycles. The van der Waals surface area contributed by atoms with Gasteiger partial charge in [0.1, 0.15) is 0 Å². The average molecular weight is 285 g/mol. The minimum atomic E-state index is -0.0387. The first-order valence-electron chi connectivity index (χ1n) is 7.71. The van der Waals surface area contributed by atoms with Gasteiger partial charge in [-0.1, -0.05) is 42.5 Å². The van der Waals surface area contributed by atoms with Gasteiger partial charge < -0.3 is 11.1 Å². The molecule has 0 spiro atoms.